The Kier molecular flexibility index (Phi) is 5.18. The summed E-state index contributed by atoms with van der Waals surface area (Å²) in [6.07, 6.45) is 4.12. The lowest BCUT2D eigenvalue weighted by molar-refractivity contribution is 0.210. The Morgan fingerprint density at radius 1 is 1.35 bits per heavy atom. The largest absolute Gasteiger partial charge is 0.489 e. The number of rotatable bonds is 6. The first kappa shape index (κ1) is 14.6. The molecular formula is C15H18ClN3O. The first-order valence-electron chi connectivity index (χ1n) is 6.62. The second-order valence-corrected chi connectivity index (χ2v) is 4.96. The second kappa shape index (κ2) is 7.10. The number of halogens is 1. The fourth-order valence-electron chi connectivity index (χ4n) is 1.80. The third-order valence-electron chi connectivity index (χ3n) is 2.86. The van der Waals surface area contributed by atoms with E-state index < -0.39 is 0 Å². The fourth-order valence-corrected chi connectivity index (χ4v) is 1.94. The molecule has 1 unspecified atom stereocenters. The SMILES string of the molecule is CCC(CNc1cncc(Cl)n1)Oc1cccc(C)c1. The van der Waals surface area contributed by atoms with Crippen LogP contribution >= 0.6 is 11.6 Å². The number of ether oxygens (including phenoxy) is 1. The van der Waals surface area contributed by atoms with Crippen molar-refractivity contribution in [3.05, 3.63) is 47.4 Å². The first-order valence-corrected chi connectivity index (χ1v) is 7.00. The predicted octanol–water partition coefficient (Wildman–Crippen LogP) is 3.71. The van der Waals surface area contributed by atoms with Crippen molar-refractivity contribution in [2.45, 2.75) is 26.4 Å². The van der Waals surface area contributed by atoms with E-state index >= 15 is 0 Å². The highest BCUT2D eigenvalue weighted by Gasteiger charge is 2.09. The smallest absolute Gasteiger partial charge is 0.149 e. The minimum absolute atomic E-state index is 0.0672. The Morgan fingerprint density at radius 2 is 2.20 bits per heavy atom. The van der Waals surface area contributed by atoms with Crippen LogP contribution in [0.25, 0.3) is 0 Å². The number of nitrogens with zero attached hydrogens (tertiary/aromatic N) is 2. The van der Waals surface area contributed by atoms with Gasteiger partial charge in [0, 0.05) is 0 Å². The van der Waals surface area contributed by atoms with Crippen molar-refractivity contribution >= 4 is 17.4 Å². The van der Waals surface area contributed by atoms with Crippen molar-refractivity contribution in [3.63, 3.8) is 0 Å². The summed E-state index contributed by atoms with van der Waals surface area (Å²) < 4.78 is 5.95. The molecule has 2 rings (SSSR count). The molecule has 2 aromatic rings. The first-order chi connectivity index (χ1) is 9.67. The summed E-state index contributed by atoms with van der Waals surface area (Å²) in [5.74, 6) is 1.54. The van der Waals surface area contributed by atoms with Crippen LogP contribution in [0.15, 0.2) is 36.7 Å². The van der Waals surface area contributed by atoms with Gasteiger partial charge in [-0.1, -0.05) is 30.7 Å². The molecule has 0 fully saturated rings. The van der Waals surface area contributed by atoms with Crippen LogP contribution < -0.4 is 10.1 Å². The average molecular weight is 292 g/mol. The molecule has 0 saturated carbocycles. The number of hydrogen-bond acceptors (Lipinski definition) is 4. The highest BCUT2D eigenvalue weighted by atomic mass is 35.5. The zero-order valence-electron chi connectivity index (χ0n) is 11.6. The molecule has 0 amide bonds. The highest BCUT2D eigenvalue weighted by molar-refractivity contribution is 6.29. The van der Waals surface area contributed by atoms with E-state index in [2.05, 4.69) is 22.2 Å². The van der Waals surface area contributed by atoms with Crippen molar-refractivity contribution in [1.29, 1.82) is 0 Å². The lowest BCUT2D eigenvalue weighted by Gasteiger charge is -2.18. The number of aromatic nitrogens is 2. The van der Waals surface area contributed by atoms with Gasteiger partial charge in [0.1, 0.15) is 22.8 Å². The molecule has 1 aromatic heterocycles. The lowest BCUT2D eigenvalue weighted by atomic mass is 10.2. The molecule has 20 heavy (non-hydrogen) atoms. The Labute approximate surface area is 124 Å². The quantitative estimate of drug-likeness (QED) is 0.881. The number of nitrogens with one attached hydrogen (secondary N) is 1. The van der Waals surface area contributed by atoms with Gasteiger partial charge in [-0.25, -0.2) is 4.98 Å². The molecule has 0 saturated heterocycles. The van der Waals surface area contributed by atoms with Gasteiger partial charge in [0.05, 0.1) is 18.9 Å². The standard InChI is InChI=1S/C15H18ClN3O/c1-3-12(20-13-6-4-5-11(2)7-13)8-18-15-10-17-9-14(16)19-15/h4-7,9-10,12H,3,8H2,1-2H3,(H,18,19). The van der Waals surface area contributed by atoms with Crippen LogP contribution in [0.4, 0.5) is 5.82 Å². The van der Waals surface area contributed by atoms with Crippen molar-refractivity contribution in [3.8, 4) is 5.75 Å². The Balaban J connectivity index is 1.92. The van der Waals surface area contributed by atoms with E-state index in [4.69, 9.17) is 16.3 Å². The Morgan fingerprint density at radius 3 is 2.90 bits per heavy atom. The predicted molar refractivity (Wildman–Crippen MR) is 81.4 cm³/mol. The van der Waals surface area contributed by atoms with Crippen molar-refractivity contribution in [1.82, 2.24) is 9.97 Å². The fraction of sp³-hybridized carbons (Fsp3) is 0.333. The molecule has 1 atom stereocenters. The van der Waals surface area contributed by atoms with E-state index in [0.717, 1.165) is 12.2 Å². The lowest BCUT2D eigenvalue weighted by Crippen LogP contribution is -2.25. The molecule has 0 bridgehead atoms. The van der Waals surface area contributed by atoms with Crippen LogP contribution in [-0.4, -0.2) is 22.6 Å². The van der Waals surface area contributed by atoms with Gasteiger partial charge in [-0.2, -0.15) is 0 Å². The van der Waals surface area contributed by atoms with Gasteiger partial charge in [0.25, 0.3) is 0 Å². The molecule has 4 nitrogen and oxygen atoms in total. The van der Waals surface area contributed by atoms with Gasteiger partial charge in [0.15, 0.2) is 0 Å². The topological polar surface area (TPSA) is 47.0 Å². The number of anilines is 1. The maximum Gasteiger partial charge on any atom is 0.149 e. The summed E-state index contributed by atoms with van der Waals surface area (Å²) in [5, 5.41) is 3.57. The summed E-state index contributed by atoms with van der Waals surface area (Å²) in [6, 6.07) is 8.04. The molecular weight excluding hydrogens is 274 g/mol. The normalized spacial score (nSPS) is 11.9. The molecule has 106 valence electrons. The average Bonchev–Trinajstić information content (AvgIpc) is 2.43. The van der Waals surface area contributed by atoms with Crippen LogP contribution in [-0.2, 0) is 0 Å². The minimum Gasteiger partial charge on any atom is -0.489 e. The molecule has 0 spiro atoms. The molecule has 1 heterocycles. The zero-order chi connectivity index (χ0) is 14.4. The van der Waals surface area contributed by atoms with Crippen molar-refractivity contribution in [2.75, 3.05) is 11.9 Å². The van der Waals surface area contributed by atoms with Gasteiger partial charge in [-0.05, 0) is 31.0 Å². The third kappa shape index (κ3) is 4.38. The Hall–Kier alpha value is -1.81. The monoisotopic (exact) mass is 291 g/mol. The van der Waals surface area contributed by atoms with E-state index in [1.807, 2.05) is 31.2 Å². The molecule has 0 aliphatic carbocycles. The van der Waals surface area contributed by atoms with E-state index in [1.165, 1.54) is 11.8 Å². The highest BCUT2D eigenvalue weighted by Crippen LogP contribution is 2.16. The van der Waals surface area contributed by atoms with Crippen LogP contribution in [0.1, 0.15) is 18.9 Å². The minimum atomic E-state index is 0.0672. The van der Waals surface area contributed by atoms with Crippen LogP contribution in [0.2, 0.25) is 5.15 Å². The molecule has 0 aliphatic heterocycles. The second-order valence-electron chi connectivity index (χ2n) is 4.57. The van der Waals surface area contributed by atoms with E-state index in [-0.39, 0.29) is 6.10 Å². The van der Waals surface area contributed by atoms with Crippen molar-refractivity contribution in [2.24, 2.45) is 0 Å². The van der Waals surface area contributed by atoms with Crippen LogP contribution in [0.5, 0.6) is 5.75 Å². The van der Waals surface area contributed by atoms with E-state index in [9.17, 15) is 0 Å². The molecule has 0 radical (unpaired) electrons. The van der Waals surface area contributed by atoms with Crippen LogP contribution in [0.3, 0.4) is 0 Å². The zero-order valence-corrected chi connectivity index (χ0v) is 12.4. The third-order valence-corrected chi connectivity index (χ3v) is 3.05. The van der Waals surface area contributed by atoms with Gasteiger partial charge >= 0.3 is 0 Å². The van der Waals surface area contributed by atoms with Crippen molar-refractivity contribution < 1.29 is 4.74 Å². The molecule has 5 heteroatoms. The maximum absolute atomic E-state index is 5.95. The molecule has 1 N–H and O–H groups in total. The van der Waals surface area contributed by atoms with Gasteiger partial charge < -0.3 is 10.1 Å². The molecule has 0 aliphatic rings. The van der Waals surface area contributed by atoms with Gasteiger partial charge in [-0.15, -0.1) is 0 Å². The van der Waals surface area contributed by atoms with Crippen LogP contribution in [0, 0.1) is 6.92 Å². The summed E-state index contributed by atoms with van der Waals surface area (Å²) in [7, 11) is 0. The summed E-state index contributed by atoms with van der Waals surface area (Å²) in [6.45, 7) is 4.79. The summed E-state index contributed by atoms with van der Waals surface area (Å²) in [4.78, 5) is 8.12. The summed E-state index contributed by atoms with van der Waals surface area (Å²) >= 11 is 5.80. The Bertz CT molecular complexity index is 562. The van der Waals surface area contributed by atoms with Gasteiger partial charge in [0.2, 0.25) is 0 Å². The van der Waals surface area contributed by atoms with E-state index in [0.29, 0.717) is 17.5 Å². The number of hydrogen-bond donors (Lipinski definition) is 1. The molecule has 1 aromatic carbocycles. The number of benzene rings is 1. The summed E-state index contributed by atoms with van der Waals surface area (Å²) in [5.41, 5.74) is 1.19. The maximum atomic E-state index is 5.95. The number of aryl methyl sites for hydroxylation is 1. The van der Waals surface area contributed by atoms with E-state index in [1.54, 1.807) is 6.20 Å². The van der Waals surface area contributed by atoms with Gasteiger partial charge in [-0.3, -0.25) is 4.98 Å².